The smallest absolute Gasteiger partial charge is 0.271 e. The van der Waals surface area contributed by atoms with Gasteiger partial charge < -0.3 is 5.11 Å². The van der Waals surface area contributed by atoms with Crippen LogP contribution in [0.1, 0.15) is 65.6 Å². The number of aryl methyl sites for hydroxylation is 1. The van der Waals surface area contributed by atoms with E-state index in [1.807, 2.05) is 19.1 Å². The molecule has 4 fully saturated rings. The maximum atomic E-state index is 12.2. The molecule has 0 saturated heterocycles. The number of phenolic OH excluding ortho intramolecular Hbond substituents is 1. The number of benzene rings is 2. The van der Waals surface area contributed by atoms with Gasteiger partial charge >= 0.3 is 0 Å². The molecule has 29 heavy (non-hydrogen) atoms. The molecule has 4 saturated carbocycles. The van der Waals surface area contributed by atoms with Crippen molar-refractivity contribution in [2.45, 2.75) is 50.9 Å². The molecule has 0 aliphatic heterocycles. The van der Waals surface area contributed by atoms with Crippen molar-refractivity contribution in [2.75, 3.05) is 0 Å². The summed E-state index contributed by atoms with van der Waals surface area (Å²) in [6, 6.07) is 13.3. The first-order valence-corrected chi connectivity index (χ1v) is 10.7. The lowest BCUT2D eigenvalue weighted by atomic mass is 9.48. The lowest BCUT2D eigenvalue weighted by Gasteiger charge is -2.57. The van der Waals surface area contributed by atoms with Gasteiger partial charge in [0.25, 0.3) is 5.91 Å². The third-order valence-electron chi connectivity index (χ3n) is 7.36. The molecule has 4 aliphatic rings. The van der Waals surface area contributed by atoms with E-state index in [4.69, 9.17) is 0 Å². The van der Waals surface area contributed by atoms with Crippen LogP contribution in [0.5, 0.6) is 5.75 Å². The Hall–Kier alpha value is -2.62. The summed E-state index contributed by atoms with van der Waals surface area (Å²) in [6.07, 6.45) is 9.65. The molecular formula is C25H28N2O2. The highest BCUT2D eigenvalue weighted by Crippen LogP contribution is 2.60. The predicted molar refractivity (Wildman–Crippen MR) is 114 cm³/mol. The van der Waals surface area contributed by atoms with E-state index >= 15 is 0 Å². The lowest BCUT2D eigenvalue weighted by molar-refractivity contribution is -0.00520. The molecule has 4 aliphatic carbocycles. The van der Waals surface area contributed by atoms with E-state index < -0.39 is 0 Å². The summed E-state index contributed by atoms with van der Waals surface area (Å²) in [7, 11) is 0. The Bertz CT molecular complexity index is 926. The number of hydrogen-bond acceptors (Lipinski definition) is 3. The number of hydrogen-bond donors (Lipinski definition) is 2. The molecule has 1 amide bonds. The van der Waals surface area contributed by atoms with E-state index in [2.05, 4.69) is 22.7 Å². The monoisotopic (exact) mass is 388 g/mol. The van der Waals surface area contributed by atoms with E-state index in [0.717, 1.165) is 23.3 Å². The van der Waals surface area contributed by atoms with Crippen molar-refractivity contribution in [1.82, 2.24) is 5.43 Å². The molecule has 0 spiro atoms. The number of aromatic hydroxyl groups is 1. The zero-order valence-corrected chi connectivity index (χ0v) is 16.9. The second kappa shape index (κ2) is 7.01. The number of carbonyl (C=O) groups is 1. The standard InChI is InChI=1S/C25H28N2O2/c1-16-2-4-20(5-3-16)24(29)27-26-15-21-11-22(6-7-23(21)28)25-12-17-8-18(13-25)10-19(9-17)14-25/h2-7,11,15,17-19,28H,8-10,12-14H2,1H3,(H,27,29)/b26-15+. The van der Waals surface area contributed by atoms with E-state index in [1.54, 1.807) is 24.4 Å². The molecular weight excluding hydrogens is 360 g/mol. The van der Waals surface area contributed by atoms with Gasteiger partial charge in [0.15, 0.2) is 0 Å². The van der Waals surface area contributed by atoms with Crippen LogP contribution in [0.15, 0.2) is 47.6 Å². The first kappa shape index (κ1) is 18.4. The maximum absolute atomic E-state index is 12.2. The van der Waals surface area contributed by atoms with Gasteiger partial charge in [0.1, 0.15) is 5.75 Å². The maximum Gasteiger partial charge on any atom is 0.271 e. The Morgan fingerprint density at radius 1 is 1.03 bits per heavy atom. The minimum absolute atomic E-state index is 0.201. The normalized spacial score (nSPS) is 30.0. The van der Waals surface area contributed by atoms with Gasteiger partial charge in [0.05, 0.1) is 6.21 Å². The molecule has 2 aromatic rings. The van der Waals surface area contributed by atoms with Gasteiger partial charge in [-0.05, 0) is 98.4 Å². The molecule has 0 radical (unpaired) electrons. The Labute approximate surface area is 172 Å². The highest BCUT2D eigenvalue weighted by Gasteiger charge is 2.51. The van der Waals surface area contributed by atoms with E-state index in [9.17, 15) is 9.90 Å². The highest BCUT2D eigenvalue weighted by molar-refractivity contribution is 5.95. The van der Waals surface area contributed by atoms with Crippen LogP contribution in [0.4, 0.5) is 0 Å². The fourth-order valence-electron chi connectivity index (χ4n) is 6.38. The Balaban J connectivity index is 1.34. The fraction of sp³-hybridized carbons (Fsp3) is 0.440. The van der Waals surface area contributed by atoms with Gasteiger partial charge in [-0.1, -0.05) is 23.8 Å². The summed E-state index contributed by atoms with van der Waals surface area (Å²) in [5.74, 6) is 2.58. The van der Waals surface area contributed by atoms with Crippen molar-refractivity contribution < 1.29 is 9.90 Å². The van der Waals surface area contributed by atoms with Crippen molar-refractivity contribution >= 4 is 12.1 Å². The zero-order chi connectivity index (χ0) is 20.0. The van der Waals surface area contributed by atoms with Gasteiger partial charge in [-0.25, -0.2) is 5.43 Å². The molecule has 150 valence electrons. The average molecular weight is 389 g/mol. The van der Waals surface area contributed by atoms with Gasteiger partial charge in [-0.3, -0.25) is 4.79 Å². The van der Waals surface area contributed by atoms with Crippen LogP contribution in [-0.2, 0) is 5.41 Å². The number of phenols is 1. The number of amides is 1. The van der Waals surface area contributed by atoms with Gasteiger partial charge in [0.2, 0.25) is 0 Å². The molecule has 0 unspecified atom stereocenters. The van der Waals surface area contributed by atoms with Crippen molar-refractivity contribution in [3.05, 3.63) is 64.7 Å². The Morgan fingerprint density at radius 3 is 2.28 bits per heavy atom. The summed E-state index contributed by atoms with van der Waals surface area (Å²) in [6.45, 7) is 1.99. The van der Waals surface area contributed by atoms with Crippen molar-refractivity contribution in [3.63, 3.8) is 0 Å². The number of nitrogens with zero attached hydrogens (tertiary/aromatic N) is 1. The van der Waals surface area contributed by atoms with Gasteiger partial charge in [-0.2, -0.15) is 5.10 Å². The molecule has 4 bridgehead atoms. The molecule has 2 N–H and O–H groups in total. The van der Waals surface area contributed by atoms with Crippen LogP contribution in [0.25, 0.3) is 0 Å². The van der Waals surface area contributed by atoms with Gasteiger partial charge in [-0.15, -0.1) is 0 Å². The third kappa shape index (κ3) is 3.45. The predicted octanol–water partition coefficient (Wildman–Crippen LogP) is 4.93. The molecule has 4 heteroatoms. The van der Waals surface area contributed by atoms with Crippen molar-refractivity contribution in [2.24, 2.45) is 22.9 Å². The van der Waals surface area contributed by atoms with Crippen LogP contribution < -0.4 is 5.43 Å². The number of rotatable bonds is 4. The van der Waals surface area contributed by atoms with Crippen LogP contribution >= 0.6 is 0 Å². The molecule has 6 rings (SSSR count). The molecule has 0 heterocycles. The van der Waals surface area contributed by atoms with E-state index in [1.165, 1.54) is 44.1 Å². The van der Waals surface area contributed by atoms with Crippen LogP contribution in [0.3, 0.4) is 0 Å². The van der Waals surface area contributed by atoms with E-state index in [-0.39, 0.29) is 17.1 Å². The van der Waals surface area contributed by atoms with Crippen molar-refractivity contribution in [1.29, 1.82) is 0 Å². The number of hydrazone groups is 1. The molecule has 0 aromatic heterocycles. The Kier molecular flexibility index (Phi) is 4.45. The largest absolute Gasteiger partial charge is 0.507 e. The number of nitrogens with one attached hydrogen (secondary N) is 1. The minimum atomic E-state index is -0.252. The van der Waals surface area contributed by atoms with Crippen molar-refractivity contribution in [3.8, 4) is 5.75 Å². The highest BCUT2D eigenvalue weighted by atomic mass is 16.3. The van der Waals surface area contributed by atoms with Crippen LogP contribution in [-0.4, -0.2) is 17.2 Å². The second-order valence-corrected chi connectivity index (χ2v) is 9.54. The summed E-state index contributed by atoms with van der Waals surface area (Å²) in [5.41, 5.74) is 6.52. The number of carbonyl (C=O) groups excluding carboxylic acids is 1. The molecule has 2 aromatic carbocycles. The first-order valence-electron chi connectivity index (χ1n) is 10.7. The average Bonchev–Trinajstić information content (AvgIpc) is 2.68. The summed E-state index contributed by atoms with van der Waals surface area (Å²) >= 11 is 0. The molecule has 0 atom stereocenters. The summed E-state index contributed by atoms with van der Waals surface area (Å²) in [5, 5.41) is 14.4. The molecule has 4 nitrogen and oxygen atoms in total. The zero-order valence-electron chi connectivity index (χ0n) is 16.9. The third-order valence-corrected chi connectivity index (χ3v) is 7.36. The van der Waals surface area contributed by atoms with Crippen LogP contribution in [0, 0.1) is 24.7 Å². The summed E-state index contributed by atoms with van der Waals surface area (Å²) < 4.78 is 0. The summed E-state index contributed by atoms with van der Waals surface area (Å²) in [4.78, 5) is 12.2. The quantitative estimate of drug-likeness (QED) is 0.576. The van der Waals surface area contributed by atoms with E-state index in [0.29, 0.717) is 11.1 Å². The first-order chi connectivity index (χ1) is 14.0. The Morgan fingerprint density at radius 2 is 1.66 bits per heavy atom. The minimum Gasteiger partial charge on any atom is -0.507 e. The lowest BCUT2D eigenvalue weighted by Crippen LogP contribution is -2.48. The second-order valence-electron chi connectivity index (χ2n) is 9.54. The van der Waals surface area contributed by atoms with Gasteiger partial charge in [0, 0.05) is 11.1 Å². The van der Waals surface area contributed by atoms with Crippen LogP contribution in [0.2, 0.25) is 0 Å². The SMILES string of the molecule is Cc1ccc(C(=O)N/N=C/c2cc(C34CC5CC(CC(C5)C3)C4)ccc2O)cc1. The topological polar surface area (TPSA) is 61.7 Å². The fourth-order valence-corrected chi connectivity index (χ4v) is 6.38.